The molecule has 0 radical (unpaired) electrons. The van der Waals surface area contributed by atoms with Crippen LogP contribution in [0.4, 0.5) is 0 Å². The van der Waals surface area contributed by atoms with Crippen LogP contribution in [0.2, 0.25) is 0 Å². The summed E-state index contributed by atoms with van der Waals surface area (Å²) in [5.74, 6) is -0.340. The molecule has 1 aliphatic heterocycles. The van der Waals surface area contributed by atoms with Crippen LogP contribution in [0.5, 0.6) is 0 Å². The average Bonchev–Trinajstić information content (AvgIpc) is 2.45. The summed E-state index contributed by atoms with van der Waals surface area (Å²) >= 11 is 0. The van der Waals surface area contributed by atoms with Gasteiger partial charge in [-0.3, -0.25) is 4.79 Å². The van der Waals surface area contributed by atoms with Gasteiger partial charge in [-0.2, -0.15) is 4.99 Å². The molecule has 1 aromatic rings. The number of aliphatic imine (C=N–C) groups is 1. The maximum Gasteiger partial charge on any atom is 0.296 e. The monoisotopic (exact) mass is 190 g/mol. The highest BCUT2D eigenvalue weighted by Gasteiger charge is 2.29. The predicted molar refractivity (Wildman–Crippen MR) is 51.6 cm³/mol. The Balaban J connectivity index is 2.30. The predicted octanol–water partition coefficient (Wildman–Crippen LogP) is 0.908. The Hall–Kier alpha value is -1.84. The van der Waals surface area contributed by atoms with E-state index in [0.717, 1.165) is 11.1 Å². The minimum atomic E-state index is -0.658. The number of rotatable bonds is 1. The second kappa shape index (κ2) is 3.14. The Morgan fingerprint density at radius 2 is 2.29 bits per heavy atom. The lowest BCUT2D eigenvalue weighted by Gasteiger charge is -2.08. The molecule has 0 saturated carbocycles. The molecule has 1 amide bonds. The van der Waals surface area contributed by atoms with Gasteiger partial charge in [-0.1, -0.05) is 29.8 Å². The Kier molecular flexibility index (Phi) is 1.96. The van der Waals surface area contributed by atoms with Crippen LogP contribution in [0, 0.1) is 6.92 Å². The minimum absolute atomic E-state index is 0.0542. The first-order valence-electron chi connectivity index (χ1n) is 4.28. The standard InChI is InChI=1S/C10H10N2O2/c1-6-3-2-4-7(5-6)8-9(13)12-10(11)14-8/h2-5,8H,1H3,(H2,11,12,13). The summed E-state index contributed by atoms with van der Waals surface area (Å²) in [5.41, 5.74) is 7.16. The van der Waals surface area contributed by atoms with Gasteiger partial charge < -0.3 is 10.5 Å². The number of amidine groups is 1. The molecule has 1 aromatic carbocycles. The van der Waals surface area contributed by atoms with Gasteiger partial charge in [0.05, 0.1) is 0 Å². The summed E-state index contributed by atoms with van der Waals surface area (Å²) in [6.45, 7) is 1.95. The summed E-state index contributed by atoms with van der Waals surface area (Å²) in [6.07, 6.45) is -0.658. The summed E-state index contributed by atoms with van der Waals surface area (Å²) < 4.78 is 5.09. The molecule has 1 heterocycles. The van der Waals surface area contributed by atoms with Crippen LogP contribution in [-0.2, 0) is 9.53 Å². The van der Waals surface area contributed by atoms with Crippen LogP contribution in [0.3, 0.4) is 0 Å². The highest BCUT2D eigenvalue weighted by atomic mass is 16.5. The lowest BCUT2D eigenvalue weighted by molar-refractivity contribution is -0.122. The smallest absolute Gasteiger partial charge is 0.296 e. The summed E-state index contributed by atoms with van der Waals surface area (Å²) in [7, 11) is 0. The summed E-state index contributed by atoms with van der Waals surface area (Å²) in [4.78, 5) is 14.8. The molecule has 0 bridgehead atoms. The van der Waals surface area contributed by atoms with Crippen molar-refractivity contribution in [2.75, 3.05) is 0 Å². The third-order valence-corrected chi connectivity index (χ3v) is 2.03. The molecular formula is C10H10N2O2. The number of carbonyl (C=O) groups is 1. The zero-order chi connectivity index (χ0) is 10.1. The largest absolute Gasteiger partial charge is 0.447 e. The highest BCUT2D eigenvalue weighted by Crippen LogP contribution is 2.23. The zero-order valence-corrected chi connectivity index (χ0v) is 7.73. The van der Waals surface area contributed by atoms with E-state index in [4.69, 9.17) is 10.5 Å². The van der Waals surface area contributed by atoms with E-state index in [1.165, 1.54) is 0 Å². The molecule has 0 aromatic heterocycles. The molecular weight excluding hydrogens is 180 g/mol. The van der Waals surface area contributed by atoms with Gasteiger partial charge in [-0.05, 0) is 6.92 Å². The Labute approximate surface area is 81.4 Å². The van der Waals surface area contributed by atoms with Crippen molar-refractivity contribution in [1.82, 2.24) is 0 Å². The second-order valence-corrected chi connectivity index (χ2v) is 3.20. The van der Waals surface area contributed by atoms with Crippen molar-refractivity contribution < 1.29 is 9.53 Å². The van der Waals surface area contributed by atoms with Gasteiger partial charge in [0.15, 0.2) is 0 Å². The highest BCUT2D eigenvalue weighted by molar-refractivity contribution is 5.98. The number of ether oxygens (including phenoxy) is 1. The third kappa shape index (κ3) is 1.46. The van der Waals surface area contributed by atoms with E-state index in [1.54, 1.807) is 0 Å². The van der Waals surface area contributed by atoms with E-state index in [1.807, 2.05) is 31.2 Å². The van der Waals surface area contributed by atoms with Crippen LogP contribution in [0.25, 0.3) is 0 Å². The van der Waals surface area contributed by atoms with Crippen molar-refractivity contribution in [3.8, 4) is 0 Å². The molecule has 1 atom stereocenters. The molecule has 4 nitrogen and oxygen atoms in total. The number of hydrogen-bond acceptors (Lipinski definition) is 3. The zero-order valence-electron chi connectivity index (χ0n) is 7.73. The molecule has 0 aliphatic carbocycles. The molecule has 1 aliphatic rings. The third-order valence-electron chi connectivity index (χ3n) is 2.03. The van der Waals surface area contributed by atoms with E-state index in [0.29, 0.717) is 0 Å². The number of hydrogen-bond donors (Lipinski definition) is 1. The van der Waals surface area contributed by atoms with E-state index in [2.05, 4.69) is 4.99 Å². The van der Waals surface area contributed by atoms with Crippen molar-refractivity contribution in [3.05, 3.63) is 35.4 Å². The summed E-state index contributed by atoms with van der Waals surface area (Å²) in [5, 5.41) is 0. The first-order chi connectivity index (χ1) is 6.66. The lowest BCUT2D eigenvalue weighted by Crippen LogP contribution is -2.14. The van der Waals surface area contributed by atoms with E-state index in [-0.39, 0.29) is 11.9 Å². The van der Waals surface area contributed by atoms with Crippen LogP contribution in [0.1, 0.15) is 17.2 Å². The fourth-order valence-corrected chi connectivity index (χ4v) is 1.41. The molecule has 14 heavy (non-hydrogen) atoms. The Morgan fingerprint density at radius 3 is 2.86 bits per heavy atom. The molecule has 0 fully saturated rings. The van der Waals surface area contributed by atoms with Crippen molar-refractivity contribution in [3.63, 3.8) is 0 Å². The van der Waals surface area contributed by atoms with Crippen LogP contribution in [0.15, 0.2) is 29.3 Å². The molecule has 0 saturated heterocycles. The Morgan fingerprint density at radius 1 is 1.50 bits per heavy atom. The molecule has 2 N–H and O–H groups in total. The number of nitrogens with two attached hydrogens (primary N) is 1. The quantitative estimate of drug-likeness (QED) is 0.715. The van der Waals surface area contributed by atoms with Crippen LogP contribution < -0.4 is 5.73 Å². The second-order valence-electron chi connectivity index (χ2n) is 3.20. The average molecular weight is 190 g/mol. The molecule has 0 spiro atoms. The van der Waals surface area contributed by atoms with Gasteiger partial charge in [-0.15, -0.1) is 0 Å². The fourth-order valence-electron chi connectivity index (χ4n) is 1.41. The molecule has 4 heteroatoms. The van der Waals surface area contributed by atoms with E-state index < -0.39 is 6.10 Å². The first-order valence-corrected chi connectivity index (χ1v) is 4.28. The maximum atomic E-state index is 11.3. The molecule has 72 valence electrons. The van der Waals surface area contributed by atoms with Gasteiger partial charge in [0.25, 0.3) is 11.9 Å². The van der Waals surface area contributed by atoms with Gasteiger partial charge >= 0.3 is 0 Å². The van der Waals surface area contributed by atoms with Gasteiger partial charge in [0, 0.05) is 5.56 Å². The fraction of sp³-hybridized carbons (Fsp3) is 0.200. The van der Waals surface area contributed by atoms with Gasteiger partial charge in [0.2, 0.25) is 6.10 Å². The topological polar surface area (TPSA) is 64.7 Å². The number of aryl methyl sites for hydroxylation is 1. The number of nitrogens with zero attached hydrogens (tertiary/aromatic N) is 1. The van der Waals surface area contributed by atoms with Crippen molar-refractivity contribution in [2.24, 2.45) is 10.7 Å². The van der Waals surface area contributed by atoms with Crippen molar-refractivity contribution in [2.45, 2.75) is 13.0 Å². The van der Waals surface area contributed by atoms with E-state index in [9.17, 15) is 4.79 Å². The molecule has 2 rings (SSSR count). The SMILES string of the molecule is Cc1cccc(C2OC(N)=NC2=O)c1. The van der Waals surface area contributed by atoms with Crippen LogP contribution in [-0.4, -0.2) is 11.9 Å². The number of benzene rings is 1. The minimum Gasteiger partial charge on any atom is -0.447 e. The molecule has 1 unspecified atom stereocenters. The van der Waals surface area contributed by atoms with Crippen molar-refractivity contribution in [1.29, 1.82) is 0 Å². The lowest BCUT2D eigenvalue weighted by atomic mass is 10.1. The number of amides is 1. The van der Waals surface area contributed by atoms with Crippen LogP contribution >= 0.6 is 0 Å². The maximum absolute atomic E-state index is 11.3. The van der Waals surface area contributed by atoms with Gasteiger partial charge in [0.1, 0.15) is 0 Å². The summed E-state index contributed by atoms with van der Waals surface area (Å²) in [6, 6.07) is 7.48. The van der Waals surface area contributed by atoms with Crippen molar-refractivity contribution >= 4 is 11.9 Å². The van der Waals surface area contributed by atoms with E-state index >= 15 is 0 Å². The Bertz CT molecular complexity index is 412. The van der Waals surface area contributed by atoms with Gasteiger partial charge in [-0.25, -0.2) is 0 Å². The number of carbonyl (C=O) groups excluding carboxylic acids is 1. The first kappa shape index (κ1) is 8.74. The normalized spacial score (nSPS) is 20.5.